The van der Waals surface area contributed by atoms with E-state index in [-0.39, 0.29) is 5.75 Å². The highest BCUT2D eigenvalue weighted by Crippen LogP contribution is 2.29. The third kappa shape index (κ3) is 5.38. The van der Waals surface area contributed by atoms with Crippen LogP contribution in [0.25, 0.3) is 11.0 Å². The maximum Gasteiger partial charge on any atom is 0.317 e. The van der Waals surface area contributed by atoms with Crippen LogP contribution in [-0.4, -0.2) is 47.9 Å². The van der Waals surface area contributed by atoms with E-state index in [1.54, 1.807) is 24.4 Å². The molecule has 0 radical (unpaired) electrons. The smallest absolute Gasteiger partial charge is 0.317 e. The summed E-state index contributed by atoms with van der Waals surface area (Å²) in [6.07, 6.45) is 0.613. The highest BCUT2D eigenvalue weighted by Gasteiger charge is 2.20. The normalized spacial score (nSPS) is 11.6. The number of nitrogens with one attached hydrogen (secondary N) is 1. The van der Waals surface area contributed by atoms with Crippen LogP contribution in [0.3, 0.4) is 0 Å². The Morgan fingerprint density at radius 3 is 2.60 bits per heavy atom. The molecule has 1 heterocycles. The highest BCUT2D eigenvalue weighted by molar-refractivity contribution is 7.99. The molecule has 0 aliphatic carbocycles. The van der Waals surface area contributed by atoms with Crippen LogP contribution in [0.2, 0.25) is 0 Å². The lowest BCUT2D eigenvalue weighted by Gasteiger charge is -2.15. The third-order valence-electron chi connectivity index (χ3n) is 4.11. The van der Waals surface area contributed by atoms with Gasteiger partial charge in [0, 0.05) is 6.07 Å². The molecule has 2 aromatic carbocycles. The number of aromatic nitrogens is 2. The number of carbonyl (C=O) groups excluding carboxylic acids is 2. The molecule has 1 amide bonds. The summed E-state index contributed by atoms with van der Waals surface area (Å²) in [5.74, 6) is 0.0185. The van der Waals surface area contributed by atoms with Crippen molar-refractivity contribution >= 4 is 40.4 Å². The van der Waals surface area contributed by atoms with E-state index in [4.69, 9.17) is 14.2 Å². The number of ether oxygens (including phenoxy) is 3. The lowest BCUT2D eigenvalue weighted by atomic mass is 10.2. The molecule has 1 atom stereocenters. The molecule has 0 aliphatic heterocycles. The fourth-order valence-corrected chi connectivity index (χ4v) is 3.20. The lowest BCUT2D eigenvalue weighted by molar-refractivity contribution is -0.150. The molecule has 0 aliphatic rings. The van der Waals surface area contributed by atoms with Crippen LogP contribution < -0.4 is 14.8 Å². The summed E-state index contributed by atoms with van der Waals surface area (Å²) in [5.41, 5.74) is 1.95. The fourth-order valence-electron chi connectivity index (χ4n) is 2.57. The number of methoxy groups -OCH3 is 2. The SMILES string of the molecule is COc1ccc(OC)c(NC(=O)C(C)OC(=O)CSc2cnc3ccccc3n2)c1. The Morgan fingerprint density at radius 1 is 1.10 bits per heavy atom. The number of fused-ring (bicyclic) bond motifs is 1. The van der Waals surface area contributed by atoms with Crippen LogP contribution in [0, 0.1) is 0 Å². The van der Waals surface area contributed by atoms with Gasteiger partial charge in [0.05, 0.1) is 42.9 Å². The van der Waals surface area contributed by atoms with E-state index in [0.717, 1.165) is 11.0 Å². The van der Waals surface area contributed by atoms with Crippen molar-refractivity contribution in [3.63, 3.8) is 0 Å². The Hall–Kier alpha value is -3.33. The number of nitrogens with zero attached hydrogens (tertiary/aromatic N) is 2. The van der Waals surface area contributed by atoms with Crippen molar-refractivity contribution in [1.82, 2.24) is 9.97 Å². The van der Waals surface area contributed by atoms with Crippen LogP contribution in [-0.2, 0) is 14.3 Å². The second-order valence-corrected chi connectivity index (χ2v) is 7.17. The maximum absolute atomic E-state index is 12.4. The van der Waals surface area contributed by atoms with Crippen molar-refractivity contribution in [1.29, 1.82) is 0 Å². The average molecular weight is 427 g/mol. The van der Waals surface area contributed by atoms with E-state index in [0.29, 0.717) is 22.2 Å². The van der Waals surface area contributed by atoms with Crippen molar-refractivity contribution in [3.8, 4) is 11.5 Å². The van der Waals surface area contributed by atoms with E-state index in [1.807, 2.05) is 24.3 Å². The number of amides is 1. The van der Waals surface area contributed by atoms with Crippen molar-refractivity contribution in [2.45, 2.75) is 18.1 Å². The van der Waals surface area contributed by atoms with Gasteiger partial charge in [-0.1, -0.05) is 23.9 Å². The summed E-state index contributed by atoms with van der Waals surface area (Å²) in [4.78, 5) is 33.3. The van der Waals surface area contributed by atoms with Crippen molar-refractivity contribution in [2.75, 3.05) is 25.3 Å². The van der Waals surface area contributed by atoms with E-state index >= 15 is 0 Å². The van der Waals surface area contributed by atoms with Gasteiger partial charge in [0.2, 0.25) is 0 Å². The minimum absolute atomic E-state index is 0.00706. The van der Waals surface area contributed by atoms with Gasteiger partial charge in [-0.3, -0.25) is 14.6 Å². The van der Waals surface area contributed by atoms with Gasteiger partial charge in [-0.2, -0.15) is 0 Å². The molecule has 0 spiro atoms. The Balaban J connectivity index is 1.55. The molecule has 3 rings (SSSR count). The number of para-hydroxylation sites is 2. The first-order chi connectivity index (χ1) is 14.5. The Kier molecular flexibility index (Phi) is 7.08. The maximum atomic E-state index is 12.4. The van der Waals surface area contributed by atoms with Crippen LogP contribution in [0.1, 0.15) is 6.92 Å². The molecule has 0 bridgehead atoms. The van der Waals surface area contributed by atoms with E-state index in [9.17, 15) is 9.59 Å². The van der Waals surface area contributed by atoms with Gasteiger partial charge < -0.3 is 19.5 Å². The number of hydrogen-bond donors (Lipinski definition) is 1. The summed E-state index contributed by atoms with van der Waals surface area (Å²) < 4.78 is 15.6. The zero-order valence-corrected chi connectivity index (χ0v) is 17.6. The van der Waals surface area contributed by atoms with Gasteiger partial charge in [0.25, 0.3) is 5.91 Å². The van der Waals surface area contributed by atoms with Gasteiger partial charge in [-0.15, -0.1) is 0 Å². The molecular formula is C21H21N3O5S. The number of thioether (sulfide) groups is 1. The van der Waals surface area contributed by atoms with E-state index in [2.05, 4.69) is 15.3 Å². The van der Waals surface area contributed by atoms with Crippen LogP contribution in [0.5, 0.6) is 11.5 Å². The number of rotatable bonds is 8. The highest BCUT2D eigenvalue weighted by atomic mass is 32.2. The molecule has 3 aromatic rings. The molecule has 1 unspecified atom stereocenters. The molecular weight excluding hydrogens is 406 g/mol. The fraction of sp³-hybridized carbons (Fsp3) is 0.238. The summed E-state index contributed by atoms with van der Waals surface area (Å²) in [7, 11) is 3.02. The van der Waals surface area contributed by atoms with Crippen molar-refractivity contribution < 1.29 is 23.8 Å². The van der Waals surface area contributed by atoms with E-state index in [1.165, 1.54) is 32.9 Å². The first kappa shape index (κ1) is 21.4. The average Bonchev–Trinajstić information content (AvgIpc) is 2.77. The molecule has 8 nitrogen and oxygen atoms in total. The predicted molar refractivity (Wildman–Crippen MR) is 114 cm³/mol. The van der Waals surface area contributed by atoms with Gasteiger partial charge in [0.15, 0.2) is 6.10 Å². The lowest BCUT2D eigenvalue weighted by Crippen LogP contribution is -2.30. The first-order valence-electron chi connectivity index (χ1n) is 9.07. The number of benzene rings is 2. The van der Waals surface area contributed by atoms with Crippen LogP contribution in [0.4, 0.5) is 5.69 Å². The summed E-state index contributed by atoms with van der Waals surface area (Å²) >= 11 is 1.20. The zero-order chi connectivity index (χ0) is 21.5. The minimum atomic E-state index is -0.989. The molecule has 30 heavy (non-hydrogen) atoms. The minimum Gasteiger partial charge on any atom is -0.497 e. The second-order valence-electron chi connectivity index (χ2n) is 6.17. The summed E-state index contributed by atoms with van der Waals surface area (Å²) in [5, 5.41) is 3.29. The molecule has 1 N–H and O–H groups in total. The van der Waals surface area contributed by atoms with Gasteiger partial charge >= 0.3 is 5.97 Å². The van der Waals surface area contributed by atoms with E-state index < -0.39 is 18.0 Å². The molecule has 0 saturated carbocycles. The standard InChI is InChI=1S/C21H21N3O5S/c1-13(21(26)24-17-10-14(27-2)8-9-18(17)28-3)29-20(25)12-30-19-11-22-15-6-4-5-7-16(15)23-19/h4-11,13H,12H2,1-3H3,(H,24,26). The predicted octanol–water partition coefficient (Wildman–Crippen LogP) is 3.31. The second kappa shape index (κ2) is 9.93. The Bertz CT molecular complexity index is 1060. The van der Waals surface area contributed by atoms with Crippen LogP contribution in [0.15, 0.2) is 53.7 Å². The largest absolute Gasteiger partial charge is 0.497 e. The van der Waals surface area contributed by atoms with Gasteiger partial charge in [0.1, 0.15) is 16.5 Å². The van der Waals surface area contributed by atoms with Gasteiger partial charge in [-0.05, 0) is 31.2 Å². The molecule has 9 heteroatoms. The monoisotopic (exact) mass is 427 g/mol. The van der Waals surface area contributed by atoms with Crippen molar-refractivity contribution in [2.24, 2.45) is 0 Å². The van der Waals surface area contributed by atoms with Gasteiger partial charge in [-0.25, -0.2) is 4.98 Å². The number of carbonyl (C=O) groups is 2. The molecule has 156 valence electrons. The first-order valence-corrected chi connectivity index (χ1v) is 10.1. The Morgan fingerprint density at radius 2 is 1.87 bits per heavy atom. The number of hydrogen-bond acceptors (Lipinski definition) is 8. The van der Waals surface area contributed by atoms with Crippen LogP contribution >= 0.6 is 11.8 Å². The topological polar surface area (TPSA) is 99.6 Å². The summed E-state index contributed by atoms with van der Waals surface area (Å²) in [6.45, 7) is 1.50. The molecule has 0 fully saturated rings. The zero-order valence-electron chi connectivity index (χ0n) is 16.7. The molecule has 0 saturated heterocycles. The summed E-state index contributed by atoms with van der Waals surface area (Å²) in [6, 6.07) is 12.5. The quantitative estimate of drug-likeness (QED) is 0.432. The van der Waals surface area contributed by atoms with Crippen molar-refractivity contribution in [3.05, 3.63) is 48.7 Å². The Labute approximate surface area is 178 Å². The molecule has 1 aromatic heterocycles. The number of anilines is 1. The third-order valence-corrected chi connectivity index (χ3v) is 4.98. The number of esters is 1.